The highest BCUT2D eigenvalue weighted by Crippen LogP contribution is 2.40. The lowest BCUT2D eigenvalue weighted by molar-refractivity contribution is 0.0686. The molecular formula is C21H23N5O2. The number of carbonyl (C=O) groups excluding carboxylic acids is 1. The molecule has 0 radical (unpaired) electrons. The fraction of sp³-hybridized carbons (Fsp3) is 0.429. The lowest BCUT2D eigenvalue weighted by atomic mass is 9.97. The van der Waals surface area contributed by atoms with E-state index in [1.807, 2.05) is 48.2 Å². The Hall–Kier alpha value is -2.96. The fourth-order valence-corrected chi connectivity index (χ4v) is 3.90. The van der Waals surface area contributed by atoms with Gasteiger partial charge in [0.15, 0.2) is 5.82 Å². The van der Waals surface area contributed by atoms with Gasteiger partial charge >= 0.3 is 0 Å². The number of hydrogen-bond acceptors (Lipinski definition) is 5. The zero-order valence-electron chi connectivity index (χ0n) is 15.9. The maximum absolute atomic E-state index is 13.4. The van der Waals surface area contributed by atoms with Gasteiger partial charge in [-0.05, 0) is 50.8 Å². The van der Waals surface area contributed by atoms with E-state index in [1.165, 1.54) is 0 Å². The number of nitrogens with zero attached hydrogens (tertiary/aromatic N) is 5. The molecule has 0 bridgehead atoms. The summed E-state index contributed by atoms with van der Waals surface area (Å²) in [5, 5.41) is 8.67. The number of aromatic nitrogens is 4. The van der Waals surface area contributed by atoms with Crippen LogP contribution in [0.3, 0.4) is 0 Å². The molecule has 5 rings (SSSR count). The highest BCUT2D eigenvalue weighted by Gasteiger charge is 2.33. The Labute approximate surface area is 163 Å². The van der Waals surface area contributed by atoms with Crippen molar-refractivity contribution in [2.45, 2.75) is 44.4 Å². The SMILES string of the molecule is Cc1noc(C2CCCN(C(=O)c3cc(C4CC4)nn3-c3ccccc3)C2)n1. The molecule has 1 aliphatic carbocycles. The predicted octanol–water partition coefficient (Wildman–Crippen LogP) is 3.46. The Morgan fingerprint density at radius 3 is 2.68 bits per heavy atom. The number of para-hydroxylation sites is 1. The molecule has 0 spiro atoms. The monoisotopic (exact) mass is 377 g/mol. The first kappa shape index (κ1) is 17.2. The molecule has 1 saturated heterocycles. The summed E-state index contributed by atoms with van der Waals surface area (Å²) < 4.78 is 7.16. The van der Waals surface area contributed by atoms with Crippen molar-refractivity contribution >= 4 is 5.91 Å². The van der Waals surface area contributed by atoms with Gasteiger partial charge < -0.3 is 9.42 Å². The Kier molecular flexibility index (Phi) is 4.22. The van der Waals surface area contributed by atoms with Crippen molar-refractivity contribution in [2.24, 2.45) is 0 Å². The van der Waals surface area contributed by atoms with Crippen LogP contribution in [0, 0.1) is 6.92 Å². The van der Waals surface area contributed by atoms with E-state index in [2.05, 4.69) is 10.1 Å². The Morgan fingerprint density at radius 2 is 1.96 bits per heavy atom. The standard InChI is InChI=1S/C21H23N5O2/c1-14-22-20(28-24-14)16-6-5-11-25(13-16)21(27)19-12-18(15-9-10-15)23-26(19)17-7-3-2-4-8-17/h2-4,7-8,12,15-16H,5-6,9-11,13H2,1H3. The minimum Gasteiger partial charge on any atom is -0.339 e. The Bertz CT molecular complexity index is 989. The first-order valence-electron chi connectivity index (χ1n) is 9.94. The van der Waals surface area contributed by atoms with Crippen LogP contribution in [0.25, 0.3) is 5.69 Å². The number of rotatable bonds is 4. The van der Waals surface area contributed by atoms with Crippen LogP contribution < -0.4 is 0 Å². The van der Waals surface area contributed by atoms with E-state index in [4.69, 9.17) is 9.62 Å². The Balaban J connectivity index is 1.44. The predicted molar refractivity (Wildman–Crippen MR) is 102 cm³/mol. The maximum atomic E-state index is 13.4. The van der Waals surface area contributed by atoms with E-state index in [0.29, 0.717) is 29.9 Å². The van der Waals surface area contributed by atoms with Crippen LogP contribution in [0.1, 0.15) is 65.4 Å². The average Bonchev–Trinajstić information content (AvgIpc) is 3.34. The second-order valence-electron chi connectivity index (χ2n) is 7.75. The van der Waals surface area contributed by atoms with Crippen molar-refractivity contribution < 1.29 is 9.32 Å². The molecule has 1 aromatic carbocycles. The molecule has 7 heteroatoms. The minimum absolute atomic E-state index is 0.0178. The van der Waals surface area contributed by atoms with Crippen molar-refractivity contribution in [1.82, 2.24) is 24.8 Å². The van der Waals surface area contributed by atoms with Crippen molar-refractivity contribution in [1.29, 1.82) is 0 Å². The second-order valence-corrected chi connectivity index (χ2v) is 7.75. The lowest BCUT2D eigenvalue weighted by Gasteiger charge is -2.31. The Morgan fingerprint density at radius 1 is 1.14 bits per heavy atom. The lowest BCUT2D eigenvalue weighted by Crippen LogP contribution is -2.40. The summed E-state index contributed by atoms with van der Waals surface area (Å²) >= 11 is 0. The molecule has 144 valence electrons. The van der Waals surface area contributed by atoms with Gasteiger partial charge in [0.2, 0.25) is 5.89 Å². The minimum atomic E-state index is 0.0178. The molecule has 1 unspecified atom stereocenters. The van der Waals surface area contributed by atoms with Gasteiger partial charge in [-0.2, -0.15) is 10.1 Å². The highest BCUT2D eigenvalue weighted by molar-refractivity contribution is 5.93. The molecule has 0 N–H and O–H groups in total. The average molecular weight is 377 g/mol. The molecule has 2 aliphatic rings. The third-order valence-corrected chi connectivity index (χ3v) is 5.54. The molecule has 3 aromatic rings. The largest absolute Gasteiger partial charge is 0.339 e. The highest BCUT2D eigenvalue weighted by atomic mass is 16.5. The molecular weight excluding hydrogens is 354 g/mol. The number of piperidine rings is 1. The molecule has 1 amide bonds. The first-order valence-corrected chi connectivity index (χ1v) is 9.94. The molecule has 2 fully saturated rings. The molecule has 1 atom stereocenters. The number of benzene rings is 1. The maximum Gasteiger partial charge on any atom is 0.272 e. The van der Waals surface area contributed by atoms with E-state index in [0.717, 1.165) is 43.6 Å². The molecule has 7 nitrogen and oxygen atoms in total. The molecule has 28 heavy (non-hydrogen) atoms. The zero-order valence-corrected chi connectivity index (χ0v) is 15.9. The number of hydrogen-bond donors (Lipinski definition) is 0. The summed E-state index contributed by atoms with van der Waals surface area (Å²) in [6.45, 7) is 3.15. The quantitative estimate of drug-likeness (QED) is 0.696. The first-order chi connectivity index (χ1) is 13.7. The van der Waals surface area contributed by atoms with Gasteiger partial charge in [0.25, 0.3) is 5.91 Å². The summed E-state index contributed by atoms with van der Waals surface area (Å²) in [6, 6.07) is 11.9. The number of aryl methyl sites for hydroxylation is 1. The fourth-order valence-electron chi connectivity index (χ4n) is 3.90. The van der Waals surface area contributed by atoms with E-state index < -0.39 is 0 Å². The molecule has 1 aliphatic heterocycles. The normalized spacial score (nSPS) is 19.8. The summed E-state index contributed by atoms with van der Waals surface area (Å²) in [4.78, 5) is 19.7. The van der Waals surface area contributed by atoms with Crippen LogP contribution in [0.15, 0.2) is 40.9 Å². The van der Waals surface area contributed by atoms with Gasteiger partial charge in [0.05, 0.1) is 17.3 Å². The molecule has 1 saturated carbocycles. The number of carbonyl (C=O) groups is 1. The van der Waals surface area contributed by atoms with Crippen LogP contribution in [0.4, 0.5) is 0 Å². The van der Waals surface area contributed by atoms with Crippen LogP contribution >= 0.6 is 0 Å². The van der Waals surface area contributed by atoms with Gasteiger partial charge in [-0.3, -0.25) is 4.79 Å². The van der Waals surface area contributed by atoms with Gasteiger partial charge in [0, 0.05) is 19.0 Å². The molecule has 2 aromatic heterocycles. The van der Waals surface area contributed by atoms with E-state index >= 15 is 0 Å². The summed E-state index contributed by atoms with van der Waals surface area (Å²) in [5.74, 6) is 1.87. The summed E-state index contributed by atoms with van der Waals surface area (Å²) in [5.41, 5.74) is 2.57. The van der Waals surface area contributed by atoms with E-state index in [9.17, 15) is 4.79 Å². The van der Waals surface area contributed by atoms with Crippen LogP contribution in [-0.4, -0.2) is 43.8 Å². The zero-order chi connectivity index (χ0) is 19.1. The van der Waals surface area contributed by atoms with Gasteiger partial charge in [-0.25, -0.2) is 4.68 Å². The summed E-state index contributed by atoms with van der Waals surface area (Å²) in [6.07, 6.45) is 4.19. The number of likely N-dealkylation sites (tertiary alicyclic amines) is 1. The van der Waals surface area contributed by atoms with Crippen LogP contribution in [0.5, 0.6) is 0 Å². The van der Waals surface area contributed by atoms with E-state index in [-0.39, 0.29) is 11.8 Å². The van der Waals surface area contributed by atoms with Crippen LogP contribution in [-0.2, 0) is 0 Å². The third kappa shape index (κ3) is 3.21. The van der Waals surface area contributed by atoms with Crippen molar-refractivity contribution in [2.75, 3.05) is 13.1 Å². The van der Waals surface area contributed by atoms with Gasteiger partial charge in [0.1, 0.15) is 5.69 Å². The third-order valence-electron chi connectivity index (χ3n) is 5.54. The summed E-state index contributed by atoms with van der Waals surface area (Å²) in [7, 11) is 0. The second kappa shape index (κ2) is 6.89. The van der Waals surface area contributed by atoms with Crippen molar-refractivity contribution in [3.8, 4) is 5.69 Å². The smallest absolute Gasteiger partial charge is 0.272 e. The van der Waals surface area contributed by atoms with Crippen molar-refractivity contribution in [3.63, 3.8) is 0 Å². The number of amides is 1. The van der Waals surface area contributed by atoms with Crippen molar-refractivity contribution in [3.05, 3.63) is 59.5 Å². The van der Waals surface area contributed by atoms with E-state index in [1.54, 1.807) is 4.68 Å². The van der Waals surface area contributed by atoms with Crippen LogP contribution in [0.2, 0.25) is 0 Å². The topological polar surface area (TPSA) is 77.0 Å². The van der Waals surface area contributed by atoms with Gasteiger partial charge in [-0.1, -0.05) is 23.4 Å². The van der Waals surface area contributed by atoms with Gasteiger partial charge in [-0.15, -0.1) is 0 Å². The molecule has 3 heterocycles.